The van der Waals surface area contributed by atoms with Crippen molar-refractivity contribution in [1.82, 2.24) is 4.90 Å². The first-order valence-corrected chi connectivity index (χ1v) is 19.2. The molecule has 0 saturated carbocycles. The number of ether oxygens (including phenoxy) is 2. The fourth-order valence-corrected chi connectivity index (χ4v) is 7.63. The third-order valence-electron chi connectivity index (χ3n) is 10.2. The molecule has 0 spiro atoms. The molecule has 0 N–H and O–H groups in total. The molecular weight excluding hydrogens is 594 g/mol. The van der Waals surface area contributed by atoms with Gasteiger partial charge in [-0.05, 0) is 113 Å². The molecule has 282 valence electrons. The molecule has 48 heavy (non-hydrogen) atoms. The van der Waals surface area contributed by atoms with Gasteiger partial charge in [0.1, 0.15) is 12.7 Å². The summed E-state index contributed by atoms with van der Waals surface area (Å²) in [6, 6.07) is 0. The lowest BCUT2D eigenvalue weighted by Gasteiger charge is -2.45. The predicted molar refractivity (Wildman–Crippen MR) is 207 cm³/mol. The first kappa shape index (κ1) is 46.4. The molecule has 0 radical (unpaired) electrons. The van der Waals surface area contributed by atoms with Crippen LogP contribution in [0.25, 0.3) is 0 Å². The predicted octanol–water partition coefficient (Wildman–Crippen LogP) is 11.7. The molecular formula is C43H81NO4. The average molecular weight is 676 g/mol. The fraction of sp³-hybridized carbons (Fsp3) is 0.860. The molecule has 0 rings (SSSR count). The first-order valence-electron chi connectivity index (χ1n) is 19.2. The zero-order valence-electron chi connectivity index (χ0n) is 35.0. The van der Waals surface area contributed by atoms with Gasteiger partial charge >= 0.3 is 11.9 Å². The second kappa shape index (κ2) is 20.3. The van der Waals surface area contributed by atoms with E-state index in [1.54, 1.807) is 0 Å². The van der Waals surface area contributed by atoms with E-state index in [2.05, 4.69) is 113 Å². The number of hydrogen-bond acceptors (Lipinski definition) is 5. The quantitative estimate of drug-likeness (QED) is 0.0753. The molecule has 0 fully saturated rings. The molecule has 5 nitrogen and oxygen atoms in total. The molecule has 0 aromatic carbocycles. The average Bonchev–Trinajstić information content (AvgIpc) is 2.94. The Bertz CT molecular complexity index is 1000. The largest absolute Gasteiger partial charge is 0.461 e. The number of hydrogen-bond donors (Lipinski definition) is 0. The van der Waals surface area contributed by atoms with Gasteiger partial charge in [0.2, 0.25) is 0 Å². The second-order valence-corrected chi connectivity index (χ2v) is 18.9. The monoisotopic (exact) mass is 676 g/mol. The maximum Gasteiger partial charge on any atom is 0.311 e. The van der Waals surface area contributed by atoms with Crippen LogP contribution in [0.1, 0.15) is 162 Å². The minimum absolute atomic E-state index is 0.0579. The maximum atomic E-state index is 13.6. The summed E-state index contributed by atoms with van der Waals surface area (Å²) in [5, 5.41) is 0. The molecule has 4 atom stereocenters. The third kappa shape index (κ3) is 18.4. The maximum absolute atomic E-state index is 13.6. The molecule has 5 heteroatoms. The van der Waals surface area contributed by atoms with Crippen molar-refractivity contribution < 1.29 is 19.1 Å². The van der Waals surface area contributed by atoms with Crippen molar-refractivity contribution in [2.45, 2.75) is 168 Å². The number of allylic oxidation sites excluding steroid dienone is 3. The summed E-state index contributed by atoms with van der Waals surface area (Å²) in [6.07, 6.45) is 16.4. The number of carbonyl (C=O) groups is 2. The van der Waals surface area contributed by atoms with Gasteiger partial charge in [0.05, 0.1) is 5.41 Å². The lowest BCUT2D eigenvalue weighted by Crippen LogP contribution is -2.46. The minimum Gasteiger partial charge on any atom is -0.461 e. The lowest BCUT2D eigenvalue weighted by atomic mass is 9.64. The molecule has 0 heterocycles. The zero-order valence-corrected chi connectivity index (χ0v) is 35.0. The van der Waals surface area contributed by atoms with Gasteiger partial charge in [0.15, 0.2) is 0 Å². The van der Waals surface area contributed by atoms with Crippen molar-refractivity contribution in [3.05, 3.63) is 24.3 Å². The van der Waals surface area contributed by atoms with Gasteiger partial charge in [-0.1, -0.05) is 121 Å². The van der Waals surface area contributed by atoms with E-state index in [4.69, 9.17) is 9.47 Å². The normalized spacial score (nSPS) is 16.8. The Balaban J connectivity index is 6.27. The third-order valence-corrected chi connectivity index (χ3v) is 10.2. The van der Waals surface area contributed by atoms with E-state index in [0.29, 0.717) is 24.7 Å². The highest BCUT2D eigenvalue weighted by Gasteiger charge is 2.47. The Morgan fingerprint density at radius 2 is 1.29 bits per heavy atom. The van der Waals surface area contributed by atoms with Crippen LogP contribution in [-0.2, 0) is 19.1 Å². The Morgan fingerprint density at radius 3 is 1.77 bits per heavy atom. The molecule has 4 unspecified atom stereocenters. The second-order valence-electron chi connectivity index (χ2n) is 18.9. The number of nitrogens with zero attached hydrogens (tertiary/aromatic N) is 1. The molecule has 0 aromatic rings. The molecule has 0 saturated heterocycles. The number of carbonyl (C=O) groups excluding carboxylic acids is 2. The summed E-state index contributed by atoms with van der Waals surface area (Å²) in [4.78, 5) is 29.1. The van der Waals surface area contributed by atoms with Crippen molar-refractivity contribution >= 4 is 11.9 Å². The van der Waals surface area contributed by atoms with Crippen molar-refractivity contribution in [3.63, 3.8) is 0 Å². The van der Waals surface area contributed by atoms with E-state index in [1.807, 2.05) is 34.0 Å². The van der Waals surface area contributed by atoms with Crippen LogP contribution in [0.2, 0.25) is 0 Å². The minimum atomic E-state index is -0.741. The topological polar surface area (TPSA) is 55.8 Å². The summed E-state index contributed by atoms with van der Waals surface area (Å²) in [5.41, 5.74) is -1.06. The van der Waals surface area contributed by atoms with Crippen LogP contribution in [0.15, 0.2) is 24.3 Å². The SMILES string of the molecule is CCC(C)CC(C)(C)C=CC(C)(C)CC(CC)C(OC(=O)CCCN(C)C)C(C)(CC)CC(C)(C)C(=O)OCC=CC(C)(C)CC(C)C. The molecule has 0 aliphatic rings. The molecule has 0 aliphatic carbocycles. The summed E-state index contributed by atoms with van der Waals surface area (Å²) in [6.45, 7) is 34.5. The Kier molecular flexibility index (Phi) is 19.6. The Morgan fingerprint density at radius 1 is 0.750 bits per heavy atom. The van der Waals surface area contributed by atoms with Gasteiger partial charge in [-0.2, -0.15) is 0 Å². The van der Waals surface area contributed by atoms with Gasteiger partial charge in [-0.3, -0.25) is 9.59 Å². The highest BCUT2D eigenvalue weighted by atomic mass is 16.5. The van der Waals surface area contributed by atoms with Crippen LogP contribution in [-0.4, -0.2) is 50.2 Å². The molecule has 0 aliphatic heterocycles. The first-order chi connectivity index (χ1) is 21.8. The van der Waals surface area contributed by atoms with Crippen molar-refractivity contribution in [3.8, 4) is 0 Å². The van der Waals surface area contributed by atoms with Crippen molar-refractivity contribution in [2.24, 2.45) is 44.8 Å². The molecule has 0 aromatic heterocycles. The highest BCUT2D eigenvalue weighted by molar-refractivity contribution is 5.76. The van der Waals surface area contributed by atoms with E-state index in [1.165, 1.54) is 6.42 Å². The van der Waals surface area contributed by atoms with Crippen LogP contribution in [0.3, 0.4) is 0 Å². The summed E-state index contributed by atoms with van der Waals surface area (Å²) in [5.74, 6) is 1.08. The van der Waals surface area contributed by atoms with E-state index in [9.17, 15) is 9.59 Å². The van der Waals surface area contributed by atoms with Crippen LogP contribution in [0.4, 0.5) is 0 Å². The van der Waals surface area contributed by atoms with Crippen LogP contribution in [0.5, 0.6) is 0 Å². The fourth-order valence-electron chi connectivity index (χ4n) is 7.63. The summed E-state index contributed by atoms with van der Waals surface area (Å²) >= 11 is 0. The van der Waals surface area contributed by atoms with Gasteiger partial charge < -0.3 is 14.4 Å². The van der Waals surface area contributed by atoms with Gasteiger partial charge in [0, 0.05) is 11.8 Å². The van der Waals surface area contributed by atoms with E-state index in [-0.39, 0.29) is 46.8 Å². The van der Waals surface area contributed by atoms with Crippen LogP contribution >= 0.6 is 0 Å². The number of esters is 2. The van der Waals surface area contributed by atoms with Crippen molar-refractivity contribution in [1.29, 1.82) is 0 Å². The van der Waals surface area contributed by atoms with Crippen LogP contribution in [0, 0.1) is 44.8 Å². The van der Waals surface area contributed by atoms with Gasteiger partial charge in [-0.15, -0.1) is 0 Å². The lowest BCUT2D eigenvalue weighted by molar-refractivity contribution is -0.168. The van der Waals surface area contributed by atoms with Crippen LogP contribution < -0.4 is 0 Å². The molecule has 0 bridgehead atoms. The van der Waals surface area contributed by atoms with Gasteiger partial charge in [-0.25, -0.2) is 0 Å². The smallest absolute Gasteiger partial charge is 0.311 e. The highest BCUT2D eigenvalue weighted by Crippen LogP contribution is 2.47. The Hall–Kier alpha value is -1.62. The summed E-state index contributed by atoms with van der Waals surface area (Å²) in [7, 11) is 4.05. The Labute approximate surface area is 299 Å². The zero-order chi connectivity index (χ0) is 37.6. The molecule has 0 amide bonds. The number of rotatable bonds is 24. The standard InChI is InChI=1S/C43H81NO4/c1-18-34(6)30-40(9,10)25-26-41(11,12)31-35(19-2)37(48-36(45)23-21-27-44(16)17)43(15,20-3)32-42(13,14)38(46)47-28-22-24-39(7,8)29-33(4)5/h22,24-26,33-35,37H,18-21,23,27-32H2,1-17H3. The van der Waals surface area contributed by atoms with E-state index >= 15 is 0 Å². The summed E-state index contributed by atoms with van der Waals surface area (Å²) < 4.78 is 12.4. The van der Waals surface area contributed by atoms with E-state index < -0.39 is 10.8 Å². The van der Waals surface area contributed by atoms with Gasteiger partial charge in [0.25, 0.3) is 0 Å². The van der Waals surface area contributed by atoms with E-state index in [0.717, 1.165) is 45.1 Å². The van der Waals surface area contributed by atoms with Crippen molar-refractivity contribution in [2.75, 3.05) is 27.2 Å².